The largest absolute Gasteiger partial charge is 0.497 e. The Kier molecular flexibility index (Phi) is 7.69. The number of rotatable bonds is 9. The zero-order valence-electron chi connectivity index (χ0n) is 22.5. The highest BCUT2D eigenvalue weighted by molar-refractivity contribution is 7.93. The van der Waals surface area contributed by atoms with Crippen molar-refractivity contribution in [2.75, 3.05) is 18.0 Å². The summed E-state index contributed by atoms with van der Waals surface area (Å²) in [6.45, 7) is 7.77. The highest BCUT2D eigenvalue weighted by Crippen LogP contribution is 2.42. The summed E-state index contributed by atoms with van der Waals surface area (Å²) in [5.41, 5.74) is 1.02. The van der Waals surface area contributed by atoms with Gasteiger partial charge in [-0.3, -0.25) is 13.9 Å². The van der Waals surface area contributed by atoms with Crippen LogP contribution in [0.1, 0.15) is 46.1 Å². The molecule has 4 rings (SSSR count). The molecule has 0 saturated carbocycles. The van der Waals surface area contributed by atoms with Crippen LogP contribution in [0.5, 0.6) is 5.75 Å². The maximum atomic E-state index is 13.5. The third kappa shape index (κ3) is 5.62. The Hall–Kier alpha value is -3.59. The van der Waals surface area contributed by atoms with Crippen molar-refractivity contribution in [3.8, 4) is 5.75 Å². The molecule has 1 aliphatic heterocycles. The summed E-state index contributed by atoms with van der Waals surface area (Å²) in [5, 5.41) is 4.53. The van der Waals surface area contributed by atoms with Gasteiger partial charge in [0.2, 0.25) is 11.8 Å². The van der Waals surface area contributed by atoms with E-state index >= 15 is 0 Å². The molecule has 0 bridgehead atoms. The molecule has 0 spiro atoms. The number of benzene rings is 3. The van der Waals surface area contributed by atoms with Crippen LogP contribution in [0, 0.1) is 0 Å². The number of hydrogen-bond acceptors (Lipinski definition) is 5. The van der Waals surface area contributed by atoms with E-state index in [1.165, 1.54) is 4.31 Å². The number of carbonyl (C=O) groups is 2. The molecule has 8 nitrogen and oxygen atoms in total. The number of nitrogens with zero attached hydrogens (tertiary/aromatic N) is 2. The third-order valence-electron chi connectivity index (χ3n) is 6.59. The first kappa shape index (κ1) is 27.4. The molecule has 0 aromatic heterocycles. The molecule has 0 fully saturated rings. The molecule has 0 radical (unpaired) electrons. The lowest BCUT2D eigenvalue weighted by atomic mass is 10.1. The second-order valence-electron chi connectivity index (χ2n) is 10.6. The third-order valence-corrected chi connectivity index (χ3v) is 8.44. The Bertz CT molecular complexity index is 1460. The number of anilines is 1. The van der Waals surface area contributed by atoms with Crippen molar-refractivity contribution < 1.29 is 22.7 Å². The second-order valence-corrected chi connectivity index (χ2v) is 12.4. The summed E-state index contributed by atoms with van der Waals surface area (Å²) in [6.07, 6.45) is 0.403. The topological polar surface area (TPSA) is 96.0 Å². The monoisotopic (exact) mass is 537 g/mol. The minimum absolute atomic E-state index is 0.0927. The number of hydrogen-bond donors (Lipinski definition) is 1. The first-order valence-corrected chi connectivity index (χ1v) is 14.2. The summed E-state index contributed by atoms with van der Waals surface area (Å²) < 4.78 is 33.3. The van der Waals surface area contributed by atoms with Gasteiger partial charge >= 0.3 is 0 Å². The van der Waals surface area contributed by atoms with E-state index in [4.69, 9.17) is 4.74 Å². The van der Waals surface area contributed by atoms with Gasteiger partial charge in [0.15, 0.2) is 0 Å². The van der Waals surface area contributed by atoms with E-state index in [2.05, 4.69) is 5.32 Å². The van der Waals surface area contributed by atoms with E-state index in [-0.39, 0.29) is 31.3 Å². The van der Waals surface area contributed by atoms with Gasteiger partial charge in [-0.2, -0.15) is 0 Å². The van der Waals surface area contributed by atoms with Crippen molar-refractivity contribution in [1.82, 2.24) is 10.2 Å². The van der Waals surface area contributed by atoms with Gasteiger partial charge in [-0.25, -0.2) is 8.42 Å². The van der Waals surface area contributed by atoms with Gasteiger partial charge < -0.3 is 15.0 Å². The van der Waals surface area contributed by atoms with Crippen LogP contribution < -0.4 is 14.4 Å². The van der Waals surface area contributed by atoms with Crippen LogP contribution in [0.3, 0.4) is 0 Å². The van der Waals surface area contributed by atoms with Gasteiger partial charge in [0.25, 0.3) is 10.0 Å². The summed E-state index contributed by atoms with van der Waals surface area (Å²) in [6, 6.07) is 17.4. The van der Waals surface area contributed by atoms with Crippen LogP contribution >= 0.6 is 0 Å². The van der Waals surface area contributed by atoms with Crippen LogP contribution in [-0.4, -0.2) is 50.4 Å². The smallest absolute Gasteiger partial charge is 0.265 e. The van der Waals surface area contributed by atoms with Gasteiger partial charge in [-0.05, 0) is 69.3 Å². The van der Waals surface area contributed by atoms with Crippen molar-refractivity contribution in [2.45, 2.75) is 63.6 Å². The SMILES string of the molecule is COc1cccc(CN(C(=O)CCCN2c3cccc4cccc(c34)S2(=O)=O)C(C)C(=O)NC(C)(C)C)c1. The number of methoxy groups -OCH3 is 1. The molecule has 9 heteroatoms. The first-order valence-electron chi connectivity index (χ1n) is 12.7. The van der Waals surface area contributed by atoms with Gasteiger partial charge in [0, 0.05) is 30.4 Å². The van der Waals surface area contributed by atoms with Gasteiger partial charge in [-0.1, -0.05) is 36.4 Å². The van der Waals surface area contributed by atoms with Gasteiger partial charge in [0.05, 0.1) is 17.7 Å². The van der Waals surface area contributed by atoms with Crippen molar-refractivity contribution in [1.29, 1.82) is 0 Å². The second kappa shape index (κ2) is 10.6. The zero-order valence-corrected chi connectivity index (χ0v) is 23.3. The van der Waals surface area contributed by atoms with E-state index in [0.717, 1.165) is 10.9 Å². The Morgan fingerprint density at radius 2 is 1.74 bits per heavy atom. The molecule has 1 atom stereocenters. The van der Waals surface area contributed by atoms with Crippen LogP contribution in [0.4, 0.5) is 5.69 Å². The molecule has 3 aromatic carbocycles. The average Bonchev–Trinajstić information content (AvgIpc) is 3.09. The van der Waals surface area contributed by atoms with Gasteiger partial charge in [-0.15, -0.1) is 0 Å². The van der Waals surface area contributed by atoms with Crippen molar-refractivity contribution in [3.63, 3.8) is 0 Å². The van der Waals surface area contributed by atoms with Crippen molar-refractivity contribution in [2.24, 2.45) is 0 Å². The number of ether oxygens (including phenoxy) is 1. The fraction of sp³-hybridized carbons (Fsp3) is 0.379. The molecular weight excluding hydrogens is 502 g/mol. The predicted molar refractivity (Wildman–Crippen MR) is 149 cm³/mol. The van der Waals surface area contributed by atoms with Crippen molar-refractivity contribution in [3.05, 3.63) is 66.2 Å². The van der Waals surface area contributed by atoms with Crippen LogP contribution in [0.15, 0.2) is 65.6 Å². The van der Waals surface area contributed by atoms with E-state index in [1.807, 2.05) is 63.2 Å². The summed E-state index contributed by atoms with van der Waals surface area (Å²) in [4.78, 5) is 28.3. The normalized spacial score (nSPS) is 14.8. The lowest BCUT2D eigenvalue weighted by Gasteiger charge is -2.31. The summed E-state index contributed by atoms with van der Waals surface area (Å²) in [5.74, 6) is 0.185. The Morgan fingerprint density at radius 1 is 1.05 bits per heavy atom. The number of carbonyl (C=O) groups excluding carboxylic acids is 2. The molecule has 2 amide bonds. The van der Waals surface area contributed by atoms with Gasteiger partial charge in [0.1, 0.15) is 11.8 Å². The summed E-state index contributed by atoms with van der Waals surface area (Å²) in [7, 11) is -2.12. The van der Waals surface area contributed by atoms with E-state index in [9.17, 15) is 18.0 Å². The molecule has 1 N–H and O–H groups in total. The molecule has 0 aliphatic carbocycles. The lowest BCUT2D eigenvalue weighted by Crippen LogP contribution is -2.52. The molecule has 1 heterocycles. The van der Waals surface area contributed by atoms with E-state index in [1.54, 1.807) is 37.1 Å². The number of sulfonamides is 1. The lowest BCUT2D eigenvalue weighted by molar-refractivity contribution is -0.141. The maximum Gasteiger partial charge on any atom is 0.265 e. The molecule has 202 valence electrons. The van der Waals surface area contributed by atoms with E-state index < -0.39 is 21.6 Å². The molecule has 38 heavy (non-hydrogen) atoms. The highest BCUT2D eigenvalue weighted by atomic mass is 32.2. The fourth-order valence-electron chi connectivity index (χ4n) is 4.74. The minimum Gasteiger partial charge on any atom is -0.497 e. The zero-order chi connectivity index (χ0) is 27.7. The Morgan fingerprint density at radius 3 is 2.42 bits per heavy atom. The molecule has 0 saturated heterocycles. The quantitative estimate of drug-likeness (QED) is 0.435. The minimum atomic E-state index is -3.69. The molecular formula is C29H35N3O5S. The van der Waals surface area contributed by atoms with Crippen LogP contribution in [0.2, 0.25) is 0 Å². The average molecular weight is 538 g/mol. The van der Waals surface area contributed by atoms with Crippen molar-refractivity contribution >= 4 is 38.3 Å². The molecule has 1 aliphatic rings. The van der Waals surface area contributed by atoms with E-state index in [0.29, 0.717) is 28.1 Å². The maximum absolute atomic E-state index is 13.5. The van der Waals surface area contributed by atoms with Crippen LogP contribution in [0.25, 0.3) is 10.8 Å². The first-order chi connectivity index (χ1) is 17.9. The van der Waals surface area contributed by atoms with Crippen LogP contribution in [-0.2, 0) is 26.2 Å². The standard InChI is InChI=1S/C29H35N3O5S/c1-20(28(34)30-29(2,3)4)31(19-21-10-6-13-23(18-21)37-5)26(33)16-9-17-32-24-14-7-11-22-12-8-15-25(27(22)24)38(32,35)36/h6-8,10-15,18,20H,9,16-17,19H2,1-5H3,(H,30,34). The highest BCUT2D eigenvalue weighted by Gasteiger charge is 2.35. The number of amides is 2. The Labute approximate surface area is 224 Å². The Balaban J connectivity index is 1.51. The molecule has 3 aromatic rings. The number of nitrogens with one attached hydrogen (secondary N) is 1. The molecule has 1 unspecified atom stereocenters. The summed E-state index contributed by atoms with van der Waals surface area (Å²) >= 11 is 0. The fourth-order valence-corrected chi connectivity index (χ4v) is 6.49. The predicted octanol–water partition coefficient (Wildman–Crippen LogP) is 4.47.